The molecule has 1 aromatic heterocycles. The van der Waals surface area contributed by atoms with Gasteiger partial charge in [0.05, 0.1) is 5.56 Å². The summed E-state index contributed by atoms with van der Waals surface area (Å²) in [5.41, 5.74) is 1.23. The molecule has 1 unspecified atom stereocenters. The van der Waals surface area contributed by atoms with Crippen LogP contribution in [0.1, 0.15) is 51.0 Å². The number of methoxy groups -OCH3 is 1. The van der Waals surface area contributed by atoms with Gasteiger partial charge in [-0.05, 0) is 42.7 Å². The summed E-state index contributed by atoms with van der Waals surface area (Å²) in [4.78, 5) is 25.6. The molecule has 1 aliphatic rings. The average Bonchev–Trinajstić information content (AvgIpc) is 3.10. The van der Waals surface area contributed by atoms with E-state index >= 15 is 0 Å². The molecular weight excluding hydrogens is 322 g/mol. The van der Waals surface area contributed by atoms with E-state index in [1.54, 1.807) is 42.3 Å². The number of likely N-dealkylation sites (tertiary alicyclic amines) is 1. The van der Waals surface area contributed by atoms with Crippen LogP contribution >= 0.6 is 0 Å². The van der Waals surface area contributed by atoms with E-state index < -0.39 is 5.97 Å². The van der Waals surface area contributed by atoms with Crippen LogP contribution < -0.4 is 0 Å². The number of benzene rings is 1. The van der Waals surface area contributed by atoms with Gasteiger partial charge in [0, 0.05) is 26.1 Å². The highest BCUT2D eigenvalue weighted by molar-refractivity contribution is 5.91. The Labute approximate surface area is 146 Å². The monoisotopic (exact) mass is 343 g/mol. The number of carbonyl (C=O) groups is 2. The number of aromatic carboxylic acids is 1. The summed E-state index contributed by atoms with van der Waals surface area (Å²) in [5, 5.41) is 9.16. The number of nitrogens with zero attached hydrogens (tertiary/aromatic N) is 1. The Kier molecular flexibility index (Phi) is 5.19. The molecule has 25 heavy (non-hydrogen) atoms. The molecule has 0 bridgehead atoms. The number of piperidine rings is 1. The first kappa shape index (κ1) is 17.2. The molecule has 1 saturated heterocycles. The van der Waals surface area contributed by atoms with Crippen molar-refractivity contribution in [3.63, 3.8) is 0 Å². The molecule has 0 radical (unpaired) electrons. The van der Waals surface area contributed by atoms with Crippen molar-refractivity contribution in [1.82, 2.24) is 4.90 Å². The summed E-state index contributed by atoms with van der Waals surface area (Å²) in [5.74, 6) is -0.0146. The minimum atomic E-state index is -0.938. The van der Waals surface area contributed by atoms with Crippen molar-refractivity contribution < 1.29 is 23.8 Å². The minimum Gasteiger partial charge on any atom is -0.478 e. The molecular formula is C19H21NO5. The van der Waals surface area contributed by atoms with Crippen LogP contribution in [0.5, 0.6) is 0 Å². The number of rotatable bonds is 5. The van der Waals surface area contributed by atoms with Crippen LogP contribution in [0.15, 0.2) is 40.8 Å². The van der Waals surface area contributed by atoms with E-state index in [9.17, 15) is 9.59 Å². The Bertz CT molecular complexity index is 767. The summed E-state index contributed by atoms with van der Waals surface area (Å²) in [6.45, 7) is 1.56. The van der Waals surface area contributed by atoms with Gasteiger partial charge < -0.3 is 19.2 Å². The lowest BCUT2D eigenvalue weighted by Crippen LogP contribution is -2.39. The van der Waals surface area contributed by atoms with Crippen molar-refractivity contribution in [2.75, 3.05) is 20.2 Å². The third kappa shape index (κ3) is 3.91. The summed E-state index contributed by atoms with van der Waals surface area (Å²) in [6.07, 6.45) is 1.80. The fraction of sp³-hybridized carbons (Fsp3) is 0.368. The Morgan fingerprint density at radius 3 is 2.92 bits per heavy atom. The standard InChI is InChI=1S/C19H21NO5/c1-24-12-16-7-8-17(25-16)18(21)20-9-3-6-15(11-20)13-4-2-5-14(10-13)19(22)23/h2,4-5,7-8,10,15H,3,6,9,11-12H2,1H3,(H,22,23). The van der Waals surface area contributed by atoms with E-state index in [-0.39, 0.29) is 17.4 Å². The molecule has 1 amide bonds. The molecule has 1 N–H and O–H groups in total. The zero-order valence-electron chi connectivity index (χ0n) is 14.1. The Morgan fingerprint density at radius 2 is 2.16 bits per heavy atom. The van der Waals surface area contributed by atoms with Crippen molar-refractivity contribution in [3.8, 4) is 0 Å². The lowest BCUT2D eigenvalue weighted by atomic mass is 9.89. The second-order valence-corrected chi connectivity index (χ2v) is 6.22. The topological polar surface area (TPSA) is 80.0 Å². The second kappa shape index (κ2) is 7.53. The smallest absolute Gasteiger partial charge is 0.335 e. The number of hydrogen-bond acceptors (Lipinski definition) is 4. The number of furan rings is 1. The van der Waals surface area contributed by atoms with Crippen LogP contribution in [0, 0.1) is 0 Å². The molecule has 2 heterocycles. The van der Waals surface area contributed by atoms with Crippen LogP contribution in [0.25, 0.3) is 0 Å². The molecule has 1 atom stereocenters. The molecule has 6 nitrogen and oxygen atoms in total. The lowest BCUT2D eigenvalue weighted by Gasteiger charge is -2.32. The summed E-state index contributed by atoms with van der Waals surface area (Å²) in [6, 6.07) is 10.4. The fourth-order valence-corrected chi connectivity index (χ4v) is 3.23. The highest BCUT2D eigenvalue weighted by atomic mass is 16.5. The van der Waals surface area contributed by atoms with Crippen molar-refractivity contribution >= 4 is 11.9 Å². The second-order valence-electron chi connectivity index (χ2n) is 6.22. The van der Waals surface area contributed by atoms with Gasteiger partial charge >= 0.3 is 5.97 Å². The van der Waals surface area contributed by atoms with Crippen LogP contribution in [-0.4, -0.2) is 42.1 Å². The van der Waals surface area contributed by atoms with Gasteiger partial charge in [0.15, 0.2) is 5.76 Å². The Morgan fingerprint density at radius 1 is 1.32 bits per heavy atom. The number of amides is 1. The van der Waals surface area contributed by atoms with Crippen molar-refractivity contribution in [2.45, 2.75) is 25.4 Å². The van der Waals surface area contributed by atoms with Gasteiger partial charge in [-0.3, -0.25) is 4.79 Å². The first-order valence-electron chi connectivity index (χ1n) is 8.28. The maximum absolute atomic E-state index is 12.7. The molecule has 3 rings (SSSR count). The molecule has 2 aromatic rings. The van der Waals surface area contributed by atoms with Crippen LogP contribution in [0.4, 0.5) is 0 Å². The predicted octanol–water partition coefficient (Wildman–Crippen LogP) is 3.14. The van der Waals surface area contributed by atoms with E-state index in [1.807, 2.05) is 6.07 Å². The number of ether oxygens (including phenoxy) is 1. The van der Waals surface area contributed by atoms with Crippen LogP contribution in [0.3, 0.4) is 0 Å². The van der Waals surface area contributed by atoms with Gasteiger partial charge in [-0.15, -0.1) is 0 Å². The average molecular weight is 343 g/mol. The third-order valence-electron chi connectivity index (χ3n) is 4.47. The highest BCUT2D eigenvalue weighted by Crippen LogP contribution is 2.28. The van der Waals surface area contributed by atoms with Crippen molar-refractivity contribution in [3.05, 3.63) is 59.0 Å². The summed E-state index contributed by atoms with van der Waals surface area (Å²) in [7, 11) is 1.57. The van der Waals surface area contributed by atoms with Gasteiger partial charge in [-0.2, -0.15) is 0 Å². The molecule has 1 fully saturated rings. The van der Waals surface area contributed by atoms with E-state index in [4.69, 9.17) is 14.3 Å². The molecule has 0 saturated carbocycles. The minimum absolute atomic E-state index is 0.130. The zero-order chi connectivity index (χ0) is 17.8. The summed E-state index contributed by atoms with van der Waals surface area (Å²) < 4.78 is 10.5. The van der Waals surface area contributed by atoms with Crippen LogP contribution in [0.2, 0.25) is 0 Å². The maximum Gasteiger partial charge on any atom is 0.335 e. The normalized spacial score (nSPS) is 17.5. The Balaban J connectivity index is 1.73. The van der Waals surface area contributed by atoms with Gasteiger partial charge in [0.25, 0.3) is 5.91 Å². The summed E-state index contributed by atoms with van der Waals surface area (Å²) >= 11 is 0. The molecule has 1 aliphatic heterocycles. The van der Waals surface area contributed by atoms with E-state index in [0.717, 1.165) is 18.4 Å². The number of carboxylic acids is 1. The molecule has 6 heteroatoms. The largest absolute Gasteiger partial charge is 0.478 e. The van der Waals surface area contributed by atoms with Crippen molar-refractivity contribution in [1.29, 1.82) is 0 Å². The number of carboxylic acid groups (broad SMARTS) is 1. The van der Waals surface area contributed by atoms with Gasteiger partial charge in [-0.1, -0.05) is 12.1 Å². The van der Waals surface area contributed by atoms with Crippen molar-refractivity contribution in [2.24, 2.45) is 0 Å². The molecule has 1 aromatic carbocycles. The lowest BCUT2D eigenvalue weighted by molar-refractivity contribution is 0.0663. The molecule has 0 aliphatic carbocycles. The van der Waals surface area contributed by atoms with Gasteiger partial charge in [-0.25, -0.2) is 4.79 Å². The Hall–Kier alpha value is -2.60. The highest BCUT2D eigenvalue weighted by Gasteiger charge is 2.27. The van der Waals surface area contributed by atoms with Gasteiger partial charge in [0.1, 0.15) is 12.4 Å². The van der Waals surface area contributed by atoms with E-state index in [0.29, 0.717) is 31.2 Å². The quantitative estimate of drug-likeness (QED) is 0.902. The maximum atomic E-state index is 12.7. The number of hydrogen-bond donors (Lipinski definition) is 1. The first-order chi connectivity index (χ1) is 12.1. The van der Waals surface area contributed by atoms with E-state index in [2.05, 4.69) is 0 Å². The zero-order valence-corrected chi connectivity index (χ0v) is 14.1. The first-order valence-corrected chi connectivity index (χ1v) is 8.28. The fourth-order valence-electron chi connectivity index (χ4n) is 3.23. The van der Waals surface area contributed by atoms with Gasteiger partial charge in [0.2, 0.25) is 0 Å². The van der Waals surface area contributed by atoms with Crippen LogP contribution in [-0.2, 0) is 11.3 Å². The third-order valence-corrected chi connectivity index (χ3v) is 4.47. The molecule has 132 valence electrons. The number of carbonyl (C=O) groups excluding carboxylic acids is 1. The molecule has 0 spiro atoms. The predicted molar refractivity (Wildman–Crippen MR) is 90.7 cm³/mol. The SMILES string of the molecule is COCc1ccc(C(=O)N2CCCC(c3cccc(C(=O)O)c3)C2)o1. The van der Waals surface area contributed by atoms with E-state index in [1.165, 1.54) is 0 Å².